The first-order chi connectivity index (χ1) is 6.50. The molecule has 0 saturated carbocycles. The molecule has 0 radical (unpaired) electrons. The zero-order valence-corrected chi connectivity index (χ0v) is 9.01. The van der Waals surface area contributed by atoms with E-state index in [2.05, 4.69) is 15.9 Å². The van der Waals surface area contributed by atoms with E-state index in [0.717, 1.165) is 6.07 Å². The van der Waals surface area contributed by atoms with Gasteiger partial charge in [0.2, 0.25) is 0 Å². The van der Waals surface area contributed by atoms with Crippen LogP contribution in [0.4, 0.5) is 4.39 Å². The van der Waals surface area contributed by atoms with Crippen LogP contribution in [-0.2, 0) is 4.79 Å². The monoisotopic (exact) mass is 258 g/mol. The minimum atomic E-state index is -0.720. The third kappa shape index (κ3) is 2.67. The van der Waals surface area contributed by atoms with Gasteiger partial charge in [-0.2, -0.15) is 0 Å². The highest BCUT2D eigenvalue weighted by Crippen LogP contribution is 2.26. The molecule has 14 heavy (non-hydrogen) atoms. The number of rotatable bonds is 2. The van der Waals surface area contributed by atoms with Crippen molar-refractivity contribution >= 4 is 27.8 Å². The first kappa shape index (κ1) is 10.9. The molecule has 2 nitrogen and oxygen atoms in total. The van der Waals surface area contributed by atoms with Gasteiger partial charge in [-0.15, -0.1) is 0 Å². The van der Waals surface area contributed by atoms with Crippen LogP contribution in [0.1, 0.15) is 12.5 Å². The van der Waals surface area contributed by atoms with Gasteiger partial charge in [0, 0.05) is 10.0 Å². The van der Waals surface area contributed by atoms with Gasteiger partial charge in [0.05, 0.1) is 0 Å². The fraction of sp³-hybridized carbons (Fsp3) is 0.100. The number of phenolic OH excluding ortho intramolecular Hbond substituents is 1. The molecule has 0 atom stereocenters. The van der Waals surface area contributed by atoms with Gasteiger partial charge in [-0.25, -0.2) is 4.39 Å². The van der Waals surface area contributed by atoms with Crippen LogP contribution in [0.5, 0.6) is 5.75 Å². The van der Waals surface area contributed by atoms with Gasteiger partial charge in [-0.3, -0.25) is 4.79 Å². The summed E-state index contributed by atoms with van der Waals surface area (Å²) in [7, 11) is 0. The molecule has 1 rings (SSSR count). The number of benzene rings is 1. The molecule has 4 heteroatoms. The van der Waals surface area contributed by atoms with E-state index < -0.39 is 11.6 Å². The van der Waals surface area contributed by atoms with Gasteiger partial charge >= 0.3 is 0 Å². The zero-order valence-electron chi connectivity index (χ0n) is 7.42. The van der Waals surface area contributed by atoms with E-state index >= 15 is 0 Å². The molecule has 0 unspecified atom stereocenters. The smallest absolute Gasteiger partial charge is 0.166 e. The Labute approximate surface area is 89.2 Å². The summed E-state index contributed by atoms with van der Waals surface area (Å²) in [5, 5.41) is 9.28. The second-order valence-corrected chi connectivity index (χ2v) is 3.69. The van der Waals surface area contributed by atoms with E-state index in [1.807, 2.05) is 0 Å². The van der Waals surface area contributed by atoms with Crippen LogP contribution in [-0.4, -0.2) is 10.9 Å². The highest BCUT2D eigenvalue weighted by Gasteiger charge is 2.06. The number of hydrogen-bond donors (Lipinski definition) is 1. The lowest BCUT2D eigenvalue weighted by Gasteiger charge is -2.01. The largest absolute Gasteiger partial charge is 0.504 e. The molecule has 0 saturated heterocycles. The molecule has 1 aromatic rings. The van der Waals surface area contributed by atoms with Gasteiger partial charge in [-0.1, -0.05) is 15.9 Å². The highest BCUT2D eigenvalue weighted by atomic mass is 79.9. The number of ketones is 1. The third-order valence-electron chi connectivity index (χ3n) is 1.56. The fourth-order valence-corrected chi connectivity index (χ4v) is 1.37. The topological polar surface area (TPSA) is 37.3 Å². The molecule has 0 aliphatic carbocycles. The summed E-state index contributed by atoms with van der Waals surface area (Å²) < 4.78 is 13.5. The quantitative estimate of drug-likeness (QED) is 0.829. The molecule has 0 spiro atoms. The average Bonchev–Trinajstić information content (AvgIpc) is 2.08. The molecule has 0 heterocycles. The Morgan fingerprint density at radius 2 is 2.21 bits per heavy atom. The molecular weight excluding hydrogens is 251 g/mol. The summed E-state index contributed by atoms with van der Waals surface area (Å²) >= 11 is 3.08. The molecule has 0 aliphatic heterocycles. The van der Waals surface area contributed by atoms with Gasteiger partial charge in [0.15, 0.2) is 17.3 Å². The predicted octanol–water partition coefficient (Wildman–Crippen LogP) is 2.90. The van der Waals surface area contributed by atoms with Crippen molar-refractivity contribution in [3.63, 3.8) is 0 Å². The zero-order chi connectivity index (χ0) is 10.7. The second-order valence-electron chi connectivity index (χ2n) is 2.77. The van der Waals surface area contributed by atoms with Gasteiger partial charge < -0.3 is 5.11 Å². The van der Waals surface area contributed by atoms with Crippen molar-refractivity contribution in [3.05, 3.63) is 34.1 Å². The normalized spacial score (nSPS) is 10.8. The number of phenols is 1. The Balaban J connectivity index is 3.14. The average molecular weight is 259 g/mol. The SMILES string of the molecule is CC(=O)/C=C/c1cc(Br)cc(F)c1O. The van der Waals surface area contributed by atoms with Crippen molar-refractivity contribution in [1.82, 2.24) is 0 Å². The summed E-state index contributed by atoms with van der Waals surface area (Å²) in [6.45, 7) is 1.38. The molecule has 0 aromatic heterocycles. The van der Waals surface area contributed by atoms with E-state index in [1.54, 1.807) is 0 Å². The van der Waals surface area contributed by atoms with Crippen LogP contribution in [0.3, 0.4) is 0 Å². The van der Waals surface area contributed by atoms with E-state index in [9.17, 15) is 14.3 Å². The lowest BCUT2D eigenvalue weighted by atomic mass is 10.1. The molecular formula is C10H8BrFO2. The second kappa shape index (κ2) is 4.37. The minimum Gasteiger partial charge on any atom is -0.504 e. The molecule has 1 N–H and O–H groups in total. The maximum Gasteiger partial charge on any atom is 0.166 e. The van der Waals surface area contributed by atoms with Crippen LogP contribution in [0.15, 0.2) is 22.7 Å². The van der Waals surface area contributed by atoms with E-state index in [4.69, 9.17) is 0 Å². The molecule has 0 amide bonds. The van der Waals surface area contributed by atoms with Crippen LogP contribution in [0.25, 0.3) is 6.08 Å². The summed E-state index contributed by atoms with van der Waals surface area (Å²) in [5.41, 5.74) is 0.270. The summed E-state index contributed by atoms with van der Waals surface area (Å²) in [4.78, 5) is 10.6. The maximum absolute atomic E-state index is 13.0. The van der Waals surface area contributed by atoms with Crippen LogP contribution in [0, 0.1) is 5.82 Å². The third-order valence-corrected chi connectivity index (χ3v) is 2.01. The fourth-order valence-electron chi connectivity index (χ4n) is 0.920. The summed E-state index contributed by atoms with van der Waals surface area (Å²) in [6, 6.07) is 2.68. The Hall–Kier alpha value is -1.16. The maximum atomic E-state index is 13.0. The van der Waals surface area contributed by atoms with E-state index in [1.165, 1.54) is 25.1 Å². The van der Waals surface area contributed by atoms with Crippen molar-refractivity contribution in [2.75, 3.05) is 0 Å². The Morgan fingerprint density at radius 1 is 1.57 bits per heavy atom. The minimum absolute atomic E-state index is 0.162. The van der Waals surface area contributed by atoms with Crippen molar-refractivity contribution < 1.29 is 14.3 Å². The lowest BCUT2D eigenvalue weighted by molar-refractivity contribution is -0.112. The number of carbonyl (C=O) groups excluding carboxylic acids is 1. The highest BCUT2D eigenvalue weighted by molar-refractivity contribution is 9.10. The standard InChI is InChI=1S/C10H8BrFO2/c1-6(13)2-3-7-4-8(11)5-9(12)10(7)14/h2-5,14H,1H3/b3-2+. The molecule has 0 fully saturated rings. The Bertz CT molecular complexity index is 399. The molecule has 1 aromatic carbocycles. The van der Waals surface area contributed by atoms with Crippen molar-refractivity contribution in [3.8, 4) is 5.75 Å². The number of allylic oxidation sites excluding steroid dienone is 1. The summed E-state index contributed by atoms with van der Waals surface area (Å²) in [5.74, 6) is -1.34. The molecule has 0 bridgehead atoms. The first-order valence-electron chi connectivity index (χ1n) is 3.87. The molecule has 74 valence electrons. The van der Waals surface area contributed by atoms with Gasteiger partial charge in [0.1, 0.15) is 0 Å². The Morgan fingerprint density at radius 3 is 2.79 bits per heavy atom. The number of aromatic hydroxyl groups is 1. The first-order valence-corrected chi connectivity index (χ1v) is 4.66. The van der Waals surface area contributed by atoms with Crippen molar-refractivity contribution in [2.24, 2.45) is 0 Å². The Kier molecular flexibility index (Phi) is 3.41. The number of halogens is 2. The van der Waals surface area contributed by atoms with Gasteiger partial charge in [-0.05, 0) is 31.2 Å². The van der Waals surface area contributed by atoms with Crippen LogP contribution >= 0.6 is 15.9 Å². The van der Waals surface area contributed by atoms with Crippen molar-refractivity contribution in [1.29, 1.82) is 0 Å². The van der Waals surface area contributed by atoms with Crippen LogP contribution in [0.2, 0.25) is 0 Å². The van der Waals surface area contributed by atoms with Crippen molar-refractivity contribution in [2.45, 2.75) is 6.92 Å². The number of carbonyl (C=O) groups is 1. The van der Waals surface area contributed by atoms with E-state index in [0.29, 0.717) is 4.47 Å². The number of hydrogen-bond acceptors (Lipinski definition) is 2. The predicted molar refractivity (Wildman–Crippen MR) is 55.5 cm³/mol. The lowest BCUT2D eigenvalue weighted by Crippen LogP contribution is -1.84. The van der Waals surface area contributed by atoms with E-state index in [-0.39, 0.29) is 11.3 Å². The molecule has 0 aliphatic rings. The van der Waals surface area contributed by atoms with Gasteiger partial charge in [0.25, 0.3) is 0 Å². The van der Waals surface area contributed by atoms with Crippen LogP contribution < -0.4 is 0 Å². The summed E-state index contributed by atoms with van der Waals surface area (Å²) in [6.07, 6.45) is 2.63.